The molecule has 2 aromatic heterocycles. The molecular weight excluding hydrogens is 264 g/mol. The van der Waals surface area contributed by atoms with Crippen LogP contribution < -0.4 is 11.0 Å². The predicted molar refractivity (Wildman–Crippen MR) is 66.3 cm³/mol. The number of para-hydroxylation sites is 1. The zero-order valence-electron chi connectivity index (χ0n) is 9.94. The van der Waals surface area contributed by atoms with Gasteiger partial charge in [0.25, 0.3) is 11.9 Å². The highest BCUT2D eigenvalue weighted by molar-refractivity contribution is 6.00. The number of hydrogen-bond acceptors (Lipinski definition) is 6. The molecule has 3 rings (SSSR count). The summed E-state index contributed by atoms with van der Waals surface area (Å²) in [6.07, 6.45) is 0. The van der Waals surface area contributed by atoms with Crippen molar-refractivity contribution in [2.24, 2.45) is 0 Å². The molecule has 0 radical (unpaired) electrons. The van der Waals surface area contributed by atoms with Gasteiger partial charge < -0.3 is 0 Å². The monoisotopic (exact) mass is 272 g/mol. The molecule has 0 atom stereocenters. The van der Waals surface area contributed by atoms with Crippen LogP contribution in [0.15, 0.2) is 35.1 Å². The van der Waals surface area contributed by atoms with E-state index >= 15 is 0 Å². The molecule has 0 bridgehead atoms. The Bertz CT molecular complexity index is 773. The summed E-state index contributed by atoms with van der Waals surface area (Å²) in [4.78, 5) is 25.9. The van der Waals surface area contributed by atoms with Crippen molar-refractivity contribution in [1.82, 2.24) is 35.4 Å². The quantitative estimate of drug-likeness (QED) is 0.578. The first-order valence-electron chi connectivity index (χ1n) is 5.53. The summed E-state index contributed by atoms with van der Waals surface area (Å²) in [5.41, 5.74) is 0.0295. The number of amides is 1. The van der Waals surface area contributed by atoms with E-state index in [9.17, 15) is 9.59 Å². The first-order chi connectivity index (χ1) is 9.74. The SMILES string of the molecule is O=C(Nc1nn[nH]n1)c1nn(-c2ccccc2)c(=O)[nH]1. The number of aromatic amines is 2. The summed E-state index contributed by atoms with van der Waals surface area (Å²) >= 11 is 0. The van der Waals surface area contributed by atoms with Gasteiger partial charge in [0.2, 0.25) is 5.82 Å². The van der Waals surface area contributed by atoms with Gasteiger partial charge in [-0.3, -0.25) is 15.1 Å². The summed E-state index contributed by atoms with van der Waals surface area (Å²) in [5.74, 6) is -0.799. The van der Waals surface area contributed by atoms with Crippen LogP contribution in [0.1, 0.15) is 10.6 Å². The zero-order valence-corrected chi connectivity index (χ0v) is 9.94. The lowest BCUT2D eigenvalue weighted by molar-refractivity contribution is 0.101. The van der Waals surface area contributed by atoms with E-state index in [1.54, 1.807) is 24.3 Å². The fourth-order valence-electron chi connectivity index (χ4n) is 1.55. The number of nitrogens with one attached hydrogen (secondary N) is 3. The minimum atomic E-state index is -0.641. The van der Waals surface area contributed by atoms with Gasteiger partial charge in [0.05, 0.1) is 5.69 Å². The third-order valence-corrected chi connectivity index (χ3v) is 2.40. The highest BCUT2D eigenvalue weighted by Crippen LogP contribution is 2.02. The van der Waals surface area contributed by atoms with Crippen LogP contribution in [0.25, 0.3) is 5.69 Å². The van der Waals surface area contributed by atoms with Crippen molar-refractivity contribution in [3.8, 4) is 5.69 Å². The van der Waals surface area contributed by atoms with Gasteiger partial charge in [-0.05, 0) is 17.3 Å². The van der Waals surface area contributed by atoms with Gasteiger partial charge in [0.1, 0.15) is 0 Å². The number of benzene rings is 1. The van der Waals surface area contributed by atoms with Gasteiger partial charge in [-0.25, -0.2) is 4.79 Å². The average Bonchev–Trinajstić information content (AvgIpc) is 3.09. The van der Waals surface area contributed by atoms with E-state index in [0.29, 0.717) is 5.69 Å². The Morgan fingerprint density at radius 1 is 1.25 bits per heavy atom. The van der Waals surface area contributed by atoms with Crippen LogP contribution in [0.3, 0.4) is 0 Å². The molecule has 10 heteroatoms. The summed E-state index contributed by atoms with van der Waals surface area (Å²) in [6.45, 7) is 0. The number of hydrogen-bond donors (Lipinski definition) is 3. The van der Waals surface area contributed by atoms with E-state index in [4.69, 9.17) is 0 Å². The topological polar surface area (TPSA) is 134 Å². The minimum absolute atomic E-state index is 0.00916. The van der Waals surface area contributed by atoms with Gasteiger partial charge in [-0.15, -0.1) is 10.2 Å². The van der Waals surface area contributed by atoms with Crippen molar-refractivity contribution < 1.29 is 4.79 Å². The van der Waals surface area contributed by atoms with Gasteiger partial charge in [0.15, 0.2) is 0 Å². The van der Waals surface area contributed by atoms with Crippen LogP contribution in [0.4, 0.5) is 5.95 Å². The molecule has 0 spiro atoms. The first kappa shape index (κ1) is 11.8. The van der Waals surface area contributed by atoms with Crippen molar-refractivity contribution in [1.29, 1.82) is 0 Å². The lowest BCUT2D eigenvalue weighted by atomic mass is 10.3. The molecular formula is C10H8N8O2. The highest BCUT2D eigenvalue weighted by atomic mass is 16.2. The molecule has 3 N–H and O–H groups in total. The number of carbonyl (C=O) groups excluding carboxylic acids is 1. The molecule has 10 nitrogen and oxygen atoms in total. The van der Waals surface area contributed by atoms with Crippen molar-refractivity contribution in [3.63, 3.8) is 0 Å². The smallest absolute Gasteiger partial charge is 0.285 e. The Morgan fingerprint density at radius 2 is 2.05 bits per heavy atom. The molecule has 0 aliphatic rings. The maximum absolute atomic E-state index is 11.8. The lowest BCUT2D eigenvalue weighted by Crippen LogP contribution is -2.16. The third kappa shape index (κ3) is 2.16. The minimum Gasteiger partial charge on any atom is -0.285 e. The van der Waals surface area contributed by atoms with E-state index in [-0.39, 0.29) is 11.8 Å². The normalized spacial score (nSPS) is 10.4. The number of carbonyl (C=O) groups is 1. The zero-order chi connectivity index (χ0) is 13.9. The largest absolute Gasteiger partial charge is 0.348 e. The molecule has 2 heterocycles. The van der Waals surface area contributed by atoms with E-state index in [2.05, 4.69) is 36.0 Å². The number of nitrogens with zero attached hydrogens (tertiary/aromatic N) is 5. The Morgan fingerprint density at radius 3 is 2.75 bits per heavy atom. The number of H-pyrrole nitrogens is 2. The molecule has 0 unspecified atom stereocenters. The Kier molecular flexibility index (Phi) is 2.80. The Balaban J connectivity index is 1.89. The fraction of sp³-hybridized carbons (Fsp3) is 0. The number of rotatable bonds is 3. The third-order valence-electron chi connectivity index (χ3n) is 2.40. The van der Waals surface area contributed by atoms with Crippen LogP contribution in [-0.4, -0.2) is 41.3 Å². The lowest BCUT2D eigenvalue weighted by Gasteiger charge is -1.97. The van der Waals surface area contributed by atoms with Crippen LogP contribution in [0.2, 0.25) is 0 Å². The summed E-state index contributed by atoms with van der Waals surface area (Å²) in [5, 5.41) is 18.8. The molecule has 1 amide bonds. The summed E-state index contributed by atoms with van der Waals surface area (Å²) in [6, 6.07) is 8.72. The van der Waals surface area contributed by atoms with Crippen molar-refractivity contribution >= 4 is 11.9 Å². The number of anilines is 1. The summed E-state index contributed by atoms with van der Waals surface area (Å²) < 4.78 is 1.09. The maximum atomic E-state index is 11.8. The summed E-state index contributed by atoms with van der Waals surface area (Å²) in [7, 11) is 0. The van der Waals surface area contributed by atoms with Gasteiger partial charge in [-0.1, -0.05) is 23.3 Å². The van der Waals surface area contributed by atoms with Crippen molar-refractivity contribution in [3.05, 3.63) is 46.6 Å². The predicted octanol–water partition coefficient (Wildman–Crippen LogP) is -0.674. The van der Waals surface area contributed by atoms with Crippen LogP contribution in [-0.2, 0) is 0 Å². The van der Waals surface area contributed by atoms with Crippen LogP contribution in [0.5, 0.6) is 0 Å². The number of tetrazole rings is 1. The average molecular weight is 272 g/mol. The Hall–Kier alpha value is -3.30. The second-order valence-corrected chi connectivity index (χ2v) is 3.72. The van der Waals surface area contributed by atoms with Gasteiger partial charge in [-0.2, -0.15) is 9.90 Å². The molecule has 0 fully saturated rings. The van der Waals surface area contributed by atoms with E-state index in [1.807, 2.05) is 6.07 Å². The second-order valence-electron chi connectivity index (χ2n) is 3.72. The molecule has 0 saturated heterocycles. The van der Waals surface area contributed by atoms with E-state index in [0.717, 1.165) is 4.68 Å². The van der Waals surface area contributed by atoms with Crippen LogP contribution in [0, 0.1) is 0 Å². The first-order valence-corrected chi connectivity index (χ1v) is 5.53. The van der Waals surface area contributed by atoms with Crippen molar-refractivity contribution in [2.45, 2.75) is 0 Å². The van der Waals surface area contributed by atoms with Gasteiger partial charge >= 0.3 is 5.69 Å². The van der Waals surface area contributed by atoms with E-state index in [1.165, 1.54) is 0 Å². The second kappa shape index (κ2) is 4.76. The van der Waals surface area contributed by atoms with E-state index < -0.39 is 11.6 Å². The molecule has 0 saturated carbocycles. The van der Waals surface area contributed by atoms with Crippen LogP contribution >= 0.6 is 0 Å². The fourth-order valence-corrected chi connectivity index (χ4v) is 1.55. The maximum Gasteiger partial charge on any atom is 0.348 e. The molecule has 0 aliphatic heterocycles. The number of aromatic nitrogens is 7. The molecule has 1 aromatic carbocycles. The molecule has 3 aromatic rings. The Labute approximate surface area is 110 Å². The molecule has 20 heavy (non-hydrogen) atoms. The molecule has 0 aliphatic carbocycles. The molecule has 100 valence electrons. The standard InChI is InChI=1S/C10H8N8O2/c19-8(12-9-13-16-17-14-9)7-11-10(20)18(15-7)6-4-2-1-3-5-6/h1-5H,(H,11,15,20)(H2,12,13,14,16,17,19). The van der Waals surface area contributed by atoms with Crippen molar-refractivity contribution in [2.75, 3.05) is 5.32 Å². The van der Waals surface area contributed by atoms with Gasteiger partial charge in [0, 0.05) is 0 Å². The highest BCUT2D eigenvalue weighted by Gasteiger charge is 2.15.